The van der Waals surface area contributed by atoms with Crippen molar-refractivity contribution >= 4 is 56.9 Å². The van der Waals surface area contributed by atoms with Crippen molar-refractivity contribution in [2.75, 3.05) is 11.5 Å². The Morgan fingerprint density at radius 2 is 1.64 bits per heavy atom. The number of benzene rings is 3. The number of rotatable bonds is 10. The summed E-state index contributed by atoms with van der Waals surface area (Å²) >= 11 is 12.5. The van der Waals surface area contributed by atoms with Crippen LogP contribution in [0.2, 0.25) is 10.0 Å². The molecule has 244 valence electrons. The molecule has 1 amide bonds. The summed E-state index contributed by atoms with van der Waals surface area (Å²) in [5.74, 6) is -0.463. The Balaban J connectivity index is 1.51. The SMILES string of the molecule is CCOC(=O)C1=C(C)N(c2ccc(C)c(C)c2)C(=O)/C1=C/c1ccc(CN(Cc2ccc(Cl)cc2Cl)S(=O)(=O)c2ccc(C)cc2)o1. The Morgan fingerprint density at radius 1 is 0.915 bits per heavy atom. The molecule has 5 rings (SSSR count). The molecule has 0 bridgehead atoms. The third-order valence-corrected chi connectivity index (χ3v) is 10.3. The molecule has 0 saturated heterocycles. The molecular weight excluding hydrogens is 659 g/mol. The number of carbonyl (C=O) groups excluding carboxylic acids is 2. The van der Waals surface area contributed by atoms with E-state index >= 15 is 0 Å². The zero-order valence-electron chi connectivity index (χ0n) is 26.6. The summed E-state index contributed by atoms with van der Waals surface area (Å²) in [5.41, 5.74) is 4.85. The summed E-state index contributed by atoms with van der Waals surface area (Å²) in [6.07, 6.45) is 1.48. The number of anilines is 1. The van der Waals surface area contributed by atoms with E-state index in [9.17, 15) is 18.0 Å². The van der Waals surface area contributed by atoms with Crippen molar-refractivity contribution in [2.24, 2.45) is 0 Å². The van der Waals surface area contributed by atoms with Crippen LogP contribution in [0.4, 0.5) is 5.69 Å². The van der Waals surface area contributed by atoms with Crippen molar-refractivity contribution in [3.63, 3.8) is 0 Å². The Bertz CT molecular complexity index is 2030. The van der Waals surface area contributed by atoms with Gasteiger partial charge in [-0.1, -0.05) is 53.0 Å². The minimum absolute atomic E-state index is 0.0539. The summed E-state index contributed by atoms with van der Waals surface area (Å²) in [6, 6.07) is 20.3. The molecule has 0 atom stereocenters. The average Bonchev–Trinajstić information content (AvgIpc) is 3.56. The Labute approximate surface area is 284 Å². The number of esters is 1. The number of nitrogens with zero attached hydrogens (tertiary/aromatic N) is 2. The highest BCUT2D eigenvalue weighted by Gasteiger charge is 2.38. The van der Waals surface area contributed by atoms with E-state index in [1.54, 1.807) is 68.4 Å². The smallest absolute Gasteiger partial charge is 0.340 e. The van der Waals surface area contributed by atoms with Gasteiger partial charge in [0.15, 0.2) is 0 Å². The number of carbonyl (C=O) groups is 2. The topological polar surface area (TPSA) is 97.1 Å². The van der Waals surface area contributed by atoms with Crippen LogP contribution in [0.3, 0.4) is 0 Å². The maximum Gasteiger partial charge on any atom is 0.340 e. The molecule has 0 spiro atoms. The van der Waals surface area contributed by atoms with Crippen molar-refractivity contribution < 1.29 is 27.2 Å². The van der Waals surface area contributed by atoms with Crippen LogP contribution >= 0.6 is 23.2 Å². The second kappa shape index (κ2) is 13.9. The minimum atomic E-state index is -4.00. The van der Waals surface area contributed by atoms with Crippen LogP contribution in [-0.4, -0.2) is 31.2 Å². The van der Waals surface area contributed by atoms with Crippen LogP contribution in [0.5, 0.6) is 0 Å². The molecule has 0 fully saturated rings. The molecule has 1 aromatic heterocycles. The van der Waals surface area contributed by atoms with Crippen LogP contribution in [0, 0.1) is 20.8 Å². The first kappa shape index (κ1) is 34.2. The zero-order valence-corrected chi connectivity index (χ0v) is 29.0. The summed E-state index contributed by atoms with van der Waals surface area (Å²) in [5, 5.41) is 0.757. The van der Waals surface area contributed by atoms with Crippen LogP contribution in [-0.2, 0) is 37.4 Å². The number of hydrogen-bond donors (Lipinski definition) is 0. The van der Waals surface area contributed by atoms with Crippen molar-refractivity contribution in [1.29, 1.82) is 0 Å². The summed E-state index contributed by atoms with van der Waals surface area (Å²) in [6.45, 7) is 9.15. The largest absolute Gasteiger partial charge is 0.462 e. The molecule has 1 aliphatic heterocycles. The van der Waals surface area contributed by atoms with Crippen molar-refractivity contribution in [3.05, 3.63) is 133 Å². The van der Waals surface area contributed by atoms with Gasteiger partial charge in [-0.25, -0.2) is 13.2 Å². The second-order valence-corrected chi connectivity index (χ2v) is 14.1. The van der Waals surface area contributed by atoms with E-state index in [1.165, 1.54) is 15.3 Å². The molecule has 0 aliphatic carbocycles. The van der Waals surface area contributed by atoms with Crippen LogP contribution in [0.25, 0.3) is 6.08 Å². The molecule has 47 heavy (non-hydrogen) atoms. The number of hydrogen-bond acceptors (Lipinski definition) is 6. The van der Waals surface area contributed by atoms with Crippen LogP contribution in [0.15, 0.2) is 99.0 Å². The molecule has 8 nitrogen and oxygen atoms in total. The molecule has 2 heterocycles. The van der Waals surface area contributed by atoms with Gasteiger partial charge in [-0.3, -0.25) is 9.69 Å². The van der Waals surface area contributed by atoms with Gasteiger partial charge in [0, 0.05) is 28.0 Å². The highest BCUT2D eigenvalue weighted by molar-refractivity contribution is 7.89. The Hall–Kier alpha value is -4.15. The third kappa shape index (κ3) is 7.23. The number of halogens is 2. The molecule has 0 saturated carbocycles. The Kier molecular flexibility index (Phi) is 10.1. The zero-order chi connectivity index (χ0) is 34.0. The predicted molar refractivity (Wildman–Crippen MR) is 183 cm³/mol. The number of sulfonamides is 1. The van der Waals surface area contributed by atoms with Crippen molar-refractivity contribution in [2.45, 2.75) is 52.6 Å². The molecule has 0 radical (unpaired) electrons. The summed E-state index contributed by atoms with van der Waals surface area (Å²) in [4.78, 5) is 28.6. The summed E-state index contributed by atoms with van der Waals surface area (Å²) in [7, 11) is -4.00. The first-order chi connectivity index (χ1) is 22.3. The monoisotopic (exact) mass is 692 g/mol. The minimum Gasteiger partial charge on any atom is -0.462 e. The maximum atomic E-state index is 13.9. The van der Waals surface area contributed by atoms with E-state index in [0.29, 0.717) is 32.8 Å². The van der Waals surface area contributed by atoms with Gasteiger partial charge in [0.05, 0.1) is 29.2 Å². The fourth-order valence-electron chi connectivity index (χ4n) is 5.26. The molecule has 1 aliphatic rings. The quantitative estimate of drug-likeness (QED) is 0.123. The van der Waals surface area contributed by atoms with Gasteiger partial charge in [0.1, 0.15) is 11.5 Å². The van der Waals surface area contributed by atoms with E-state index in [1.807, 2.05) is 39.0 Å². The first-order valence-electron chi connectivity index (χ1n) is 14.9. The molecule has 4 aromatic rings. The number of allylic oxidation sites excluding steroid dienone is 1. The summed E-state index contributed by atoms with van der Waals surface area (Å²) < 4.78 is 40.4. The van der Waals surface area contributed by atoms with Gasteiger partial charge in [-0.2, -0.15) is 4.31 Å². The molecule has 11 heteroatoms. The lowest BCUT2D eigenvalue weighted by Gasteiger charge is -2.22. The van der Waals surface area contributed by atoms with E-state index < -0.39 is 21.9 Å². The number of amides is 1. The lowest BCUT2D eigenvalue weighted by Crippen LogP contribution is -2.30. The van der Waals surface area contributed by atoms with Crippen LogP contribution < -0.4 is 4.90 Å². The Morgan fingerprint density at radius 3 is 2.30 bits per heavy atom. The standard InChI is InChI=1S/C36H34Cl2N2O6S/c1-6-45-36(42)34-25(5)40(28-12-9-23(3)24(4)17-28)35(41)32(34)19-29-13-14-30(46-29)21-39(20-26-10-11-27(37)18-33(26)38)47(43,44)31-15-7-22(2)8-16-31/h7-19H,6,20-21H2,1-5H3/b32-19+. The molecule has 0 unspecified atom stereocenters. The lowest BCUT2D eigenvalue weighted by molar-refractivity contribution is -0.138. The average molecular weight is 694 g/mol. The van der Waals surface area contributed by atoms with E-state index in [-0.39, 0.29) is 41.5 Å². The van der Waals surface area contributed by atoms with Gasteiger partial charge >= 0.3 is 5.97 Å². The predicted octanol–water partition coefficient (Wildman–Crippen LogP) is 8.17. The molecule has 3 aromatic carbocycles. The first-order valence-corrected chi connectivity index (χ1v) is 17.1. The highest BCUT2D eigenvalue weighted by atomic mass is 35.5. The second-order valence-electron chi connectivity index (χ2n) is 11.3. The van der Waals surface area contributed by atoms with Gasteiger partial charge in [0.2, 0.25) is 10.0 Å². The normalized spacial score (nSPS) is 14.5. The fourth-order valence-corrected chi connectivity index (χ4v) is 7.11. The van der Waals surface area contributed by atoms with Crippen LogP contribution in [0.1, 0.15) is 47.6 Å². The van der Waals surface area contributed by atoms with E-state index in [0.717, 1.165) is 16.7 Å². The van der Waals surface area contributed by atoms with Crippen molar-refractivity contribution in [1.82, 2.24) is 4.31 Å². The fraction of sp³-hybridized carbons (Fsp3) is 0.222. The van der Waals surface area contributed by atoms with Gasteiger partial charge in [-0.15, -0.1) is 0 Å². The van der Waals surface area contributed by atoms with Crippen molar-refractivity contribution in [3.8, 4) is 0 Å². The third-order valence-electron chi connectivity index (χ3n) is 7.95. The number of furan rings is 1. The molecular formula is C36H34Cl2N2O6S. The number of aryl methyl sites for hydroxylation is 3. The molecule has 0 N–H and O–H groups in total. The van der Waals surface area contributed by atoms with E-state index in [2.05, 4.69) is 0 Å². The maximum absolute atomic E-state index is 13.9. The number of ether oxygens (including phenoxy) is 1. The highest BCUT2D eigenvalue weighted by Crippen LogP contribution is 2.36. The lowest BCUT2D eigenvalue weighted by atomic mass is 10.1. The van der Waals surface area contributed by atoms with E-state index in [4.69, 9.17) is 32.4 Å². The van der Waals surface area contributed by atoms with Gasteiger partial charge < -0.3 is 9.15 Å². The van der Waals surface area contributed by atoms with Gasteiger partial charge in [0.25, 0.3) is 5.91 Å². The van der Waals surface area contributed by atoms with Gasteiger partial charge in [-0.05, 0) is 106 Å².